The van der Waals surface area contributed by atoms with Crippen molar-refractivity contribution >= 4 is 0 Å². The maximum atomic E-state index is 5.30. The van der Waals surface area contributed by atoms with E-state index >= 15 is 0 Å². The zero-order valence-corrected chi connectivity index (χ0v) is 10.4. The number of piperidine rings is 1. The molecule has 0 radical (unpaired) electrons. The molecule has 1 unspecified atom stereocenters. The van der Waals surface area contributed by atoms with Gasteiger partial charge in [0, 0.05) is 6.54 Å². The van der Waals surface area contributed by atoms with Crippen LogP contribution in [-0.2, 0) is 0 Å². The van der Waals surface area contributed by atoms with E-state index in [2.05, 4.69) is 37.4 Å². The fourth-order valence-electron chi connectivity index (χ4n) is 2.65. The third-order valence-electron chi connectivity index (χ3n) is 3.63. The molecule has 1 atom stereocenters. The summed E-state index contributed by atoms with van der Waals surface area (Å²) < 4.78 is 5.30. The maximum absolute atomic E-state index is 5.30. The van der Waals surface area contributed by atoms with Crippen LogP contribution in [0.1, 0.15) is 31.7 Å². The first-order chi connectivity index (χ1) is 7.63. The molecule has 1 aliphatic rings. The first-order valence-corrected chi connectivity index (χ1v) is 5.98. The molecule has 1 fully saturated rings. The second-order valence-electron chi connectivity index (χ2n) is 5.28. The van der Waals surface area contributed by atoms with Gasteiger partial charge in [-0.05, 0) is 42.0 Å². The average Bonchev–Trinajstić information content (AvgIpc) is 2.28. The van der Waals surface area contributed by atoms with Crippen molar-refractivity contribution < 1.29 is 4.74 Å². The van der Waals surface area contributed by atoms with Crippen molar-refractivity contribution in [1.29, 1.82) is 0 Å². The molecule has 2 rings (SSSR count). The minimum Gasteiger partial charge on any atom is -0.497 e. The van der Waals surface area contributed by atoms with Crippen LogP contribution >= 0.6 is 0 Å². The molecule has 1 aromatic rings. The van der Waals surface area contributed by atoms with Gasteiger partial charge in [-0.3, -0.25) is 0 Å². The second-order valence-corrected chi connectivity index (χ2v) is 5.28. The van der Waals surface area contributed by atoms with Crippen molar-refractivity contribution in [2.45, 2.75) is 26.2 Å². The number of nitrogens with one attached hydrogen (secondary N) is 1. The average molecular weight is 219 g/mol. The zero-order chi connectivity index (χ0) is 11.6. The summed E-state index contributed by atoms with van der Waals surface area (Å²) in [5.41, 5.74) is 1.73. The summed E-state index contributed by atoms with van der Waals surface area (Å²) in [6.45, 7) is 6.88. The summed E-state index contributed by atoms with van der Waals surface area (Å²) in [6.07, 6.45) is 1.21. The number of benzene rings is 1. The lowest BCUT2D eigenvalue weighted by Crippen LogP contribution is -2.41. The molecule has 0 spiro atoms. The largest absolute Gasteiger partial charge is 0.497 e. The summed E-state index contributed by atoms with van der Waals surface area (Å²) in [6, 6.07) is 8.50. The molecule has 0 saturated carbocycles. The topological polar surface area (TPSA) is 21.3 Å². The van der Waals surface area contributed by atoms with Gasteiger partial charge in [0.15, 0.2) is 0 Å². The Balaban J connectivity index is 2.27. The number of hydrogen-bond donors (Lipinski definition) is 1. The van der Waals surface area contributed by atoms with E-state index in [9.17, 15) is 0 Å². The highest BCUT2D eigenvalue weighted by atomic mass is 16.5. The SMILES string of the molecule is COc1cccc(C2CCNCC2(C)C)c1. The molecule has 88 valence electrons. The van der Waals surface area contributed by atoms with E-state index in [1.807, 2.05) is 6.07 Å². The molecule has 0 aromatic heterocycles. The molecule has 1 heterocycles. The molecule has 1 saturated heterocycles. The Hall–Kier alpha value is -1.02. The fraction of sp³-hybridized carbons (Fsp3) is 0.571. The van der Waals surface area contributed by atoms with Crippen LogP contribution in [0.5, 0.6) is 5.75 Å². The molecule has 16 heavy (non-hydrogen) atoms. The van der Waals surface area contributed by atoms with Gasteiger partial charge < -0.3 is 10.1 Å². The van der Waals surface area contributed by atoms with Crippen LogP contribution in [0.15, 0.2) is 24.3 Å². The first kappa shape index (κ1) is 11.5. The van der Waals surface area contributed by atoms with Gasteiger partial charge in [0.2, 0.25) is 0 Å². The standard InChI is InChI=1S/C14H21NO/c1-14(2)10-15-8-7-13(14)11-5-4-6-12(9-11)16-3/h4-6,9,13,15H,7-8,10H2,1-3H3. The van der Waals surface area contributed by atoms with E-state index in [1.165, 1.54) is 12.0 Å². The zero-order valence-electron chi connectivity index (χ0n) is 10.4. The van der Waals surface area contributed by atoms with E-state index in [0.717, 1.165) is 18.8 Å². The fourth-order valence-corrected chi connectivity index (χ4v) is 2.65. The van der Waals surface area contributed by atoms with Crippen LogP contribution < -0.4 is 10.1 Å². The van der Waals surface area contributed by atoms with Crippen LogP contribution in [0.4, 0.5) is 0 Å². The summed E-state index contributed by atoms with van der Waals surface area (Å²) in [7, 11) is 1.73. The quantitative estimate of drug-likeness (QED) is 0.826. The number of ether oxygens (including phenoxy) is 1. The highest BCUT2D eigenvalue weighted by Gasteiger charge is 2.33. The van der Waals surface area contributed by atoms with Gasteiger partial charge in [-0.1, -0.05) is 26.0 Å². The molecule has 1 aromatic carbocycles. The number of hydrogen-bond acceptors (Lipinski definition) is 2. The Morgan fingerprint density at radius 1 is 1.38 bits per heavy atom. The van der Waals surface area contributed by atoms with Crippen molar-refractivity contribution in [3.63, 3.8) is 0 Å². The van der Waals surface area contributed by atoms with Gasteiger partial charge in [0.1, 0.15) is 5.75 Å². The molecule has 0 amide bonds. The molecular formula is C14H21NO. The summed E-state index contributed by atoms with van der Waals surface area (Å²) >= 11 is 0. The molecule has 1 N–H and O–H groups in total. The van der Waals surface area contributed by atoms with E-state index < -0.39 is 0 Å². The van der Waals surface area contributed by atoms with Crippen LogP contribution in [0, 0.1) is 5.41 Å². The van der Waals surface area contributed by atoms with Crippen LogP contribution in [0.25, 0.3) is 0 Å². The second kappa shape index (κ2) is 4.46. The predicted octanol–water partition coefficient (Wildman–Crippen LogP) is 2.80. The van der Waals surface area contributed by atoms with Gasteiger partial charge in [-0.15, -0.1) is 0 Å². The van der Waals surface area contributed by atoms with Crippen molar-refractivity contribution in [3.8, 4) is 5.75 Å². The molecule has 2 heteroatoms. The highest BCUT2D eigenvalue weighted by molar-refractivity contribution is 5.32. The first-order valence-electron chi connectivity index (χ1n) is 5.98. The normalized spacial score (nSPS) is 24.1. The van der Waals surface area contributed by atoms with Crippen molar-refractivity contribution in [2.24, 2.45) is 5.41 Å². The van der Waals surface area contributed by atoms with E-state index in [4.69, 9.17) is 4.74 Å². The molecular weight excluding hydrogens is 198 g/mol. The van der Waals surface area contributed by atoms with Gasteiger partial charge in [-0.2, -0.15) is 0 Å². The van der Waals surface area contributed by atoms with Gasteiger partial charge in [0.05, 0.1) is 7.11 Å². The third kappa shape index (κ3) is 2.22. The van der Waals surface area contributed by atoms with Gasteiger partial charge in [-0.25, -0.2) is 0 Å². The van der Waals surface area contributed by atoms with Crippen molar-refractivity contribution in [3.05, 3.63) is 29.8 Å². The summed E-state index contributed by atoms with van der Waals surface area (Å²) in [5, 5.41) is 3.47. The maximum Gasteiger partial charge on any atom is 0.119 e. The van der Waals surface area contributed by atoms with E-state index in [-0.39, 0.29) is 0 Å². The van der Waals surface area contributed by atoms with Gasteiger partial charge >= 0.3 is 0 Å². The lowest BCUT2D eigenvalue weighted by Gasteiger charge is -2.39. The highest BCUT2D eigenvalue weighted by Crippen LogP contribution is 2.40. The Kier molecular flexibility index (Phi) is 3.20. The van der Waals surface area contributed by atoms with Crippen molar-refractivity contribution in [1.82, 2.24) is 5.32 Å². The van der Waals surface area contributed by atoms with E-state index in [0.29, 0.717) is 11.3 Å². The van der Waals surface area contributed by atoms with Gasteiger partial charge in [0.25, 0.3) is 0 Å². The van der Waals surface area contributed by atoms with Crippen LogP contribution in [-0.4, -0.2) is 20.2 Å². The lowest BCUT2D eigenvalue weighted by atomic mass is 9.71. The predicted molar refractivity (Wildman–Crippen MR) is 67.0 cm³/mol. The van der Waals surface area contributed by atoms with Crippen molar-refractivity contribution in [2.75, 3.05) is 20.2 Å². The lowest BCUT2D eigenvalue weighted by molar-refractivity contribution is 0.219. The molecule has 2 nitrogen and oxygen atoms in total. The van der Waals surface area contributed by atoms with E-state index in [1.54, 1.807) is 7.11 Å². The smallest absolute Gasteiger partial charge is 0.119 e. The minimum atomic E-state index is 0.324. The summed E-state index contributed by atoms with van der Waals surface area (Å²) in [5.74, 6) is 1.59. The molecule has 0 aliphatic carbocycles. The Morgan fingerprint density at radius 2 is 2.19 bits per heavy atom. The molecule has 1 aliphatic heterocycles. The van der Waals surface area contributed by atoms with Crippen LogP contribution in [0.2, 0.25) is 0 Å². The Morgan fingerprint density at radius 3 is 2.88 bits per heavy atom. The monoisotopic (exact) mass is 219 g/mol. The summed E-state index contributed by atoms with van der Waals surface area (Å²) in [4.78, 5) is 0. The number of methoxy groups -OCH3 is 1. The number of rotatable bonds is 2. The van der Waals surface area contributed by atoms with Crippen LogP contribution in [0.3, 0.4) is 0 Å². The minimum absolute atomic E-state index is 0.324. The molecule has 0 bridgehead atoms. The Bertz CT molecular complexity index is 360. The third-order valence-corrected chi connectivity index (χ3v) is 3.63. The Labute approximate surface area is 98.0 Å².